The Balaban J connectivity index is 2.45. The number of benzene rings is 2. The van der Waals surface area contributed by atoms with E-state index in [4.69, 9.17) is 0 Å². The zero-order chi connectivity index (χ0) is 16.9. The van der Waals surface area contributed by atoms with E-state index >= 15 is 0 Å². The van der Waals surface area contributed by atoms with Crippen molar-refractivity contribution in [2.45, 2.75) is 13.8 Å². The summed E-state index contributed by atoms with van der Waals surface area (Å²) in [4.78, 5) is 49.0. The van der Waals surface area contributed by atoms with Crippen molar-refractivity contribution in [1.82, 2.24) is 0 Å². The fraction of sp³-hybridized carbons (Fsp3) is 0.111. The molecule has 0 saturated heterocycles. The third-order valence-electron chi connectivity index (χ3n) is 3.92. The highest BCUT2D eigenvalue weighted by atomic mass is 16.3. The van der Waals surface area contributed by atoms with Crippen LogP contribution >= 0.6 is 0 Å². The molecular weight excluding hydrogens is 296 g/mol. The molecule has 3 rings (SSSR count). The van der Waals surface area contributed by atoms with Crippen LogP contribution in [0.5, 0.6) is 5.75 Å². The Hall–Kier alpha value is -3.08. The lowest BCUT2D eigenvalue weighted by Gasteiger charge is -2.21. The van der Waals surface area contributed by atoms with Gasteiger partial charge in [-0.05, 0) is 19.9 Å². The summed E-state index contributed by atoms with van der Waals surface area (Å²) in [6.45, 7) is 2.39. The number of carbonyl (C=O) groups excluding carboxylic acids is 4. The second-order valence-corrected chi connectivity index (χ2v) is 5.39. The molecule has 114 valence electrons. The smallest absolute Gasteiger partial charge is 0.195 e. The Kier molecular flexibility index (Phi) is 3.21. The molecule has 0 bridgehead atoms. The molecule has 1 N–H and O–H groups in total. The Labute approximate surface area is 131 Å². The van der Waals surface area contributed by atoms with Gasteiger partial charge in [-0.3, -0.25) is 19.2 Å². The summed E-state index contributed by atoms with van der Waals surface area (Å²) < 4.78 is 0. The topological polar surface area (TPSA) is 88.5 Å². The lowest BCUT2D eigenvalue weighted by atomic mass is 9.79. The average molecular weight is 308 g/mol. The maximum atomic E-state index is 12.7. The highest BCUT2D eigenvalue weighted by Gasteiger charge is 2.35. The molecule has 0 spiro atoms. The van der Waals surface area contributed by atoms with Crippen molar-refractivity contribution in [2.75, 3.05) is 0 Å². The zero-order valence-corrected chi connectivity index (χ0v) is 12.5. The molecule has 0 amide bonds. The van der Waals surface area contributed by atoms with E-state index in [1.165, 1.54) is 32.0 Å². The van der Waals surface area contributed by atoms with Gasteiger partial charge in [0.05, 0.1) is 11.1 Å². The quantitative estimate of drug-likeness (QED) is 0.735. The minimum atomic E-state index is -0.581. The summed E-state index contributed by atoms with van der Waals surface area (Å²) in [6, 6.07) is 7.46. The van der Waals surface area contributed by atoms with Crippen LogP contribution in [0.3, 0.4) is 0 Å². The Morgan fingerprint density at radius 2 is 1.43 bits per heavy atom. The maximum Gasteiger partial charge on any atom is 0.195 e. The number of phenolic OH excluding ortho intramolecular Hbond substituents is 1. The highest BCUT2D eigenvalue weighted by molar-refractivity contribution is 6.32. The first-order valence-electron chi connectivity index (χ1n) is 6.94. The molecule has 0 fully saturated rings. The lowest BCUT2D eigenvalue weighted by molar-refractivity contribution is 0.0964. The van der Waals surface area contributed by atoms with Crippen LogP contribution in [0.25, 0.3) is 0 Å². The summed E-state index contributed by atoms with van der Waals surface area (Å²) in [7, 11) is 0. The molecule has 5 nitrogen and oxygen atoms in total. The molecule has 0 aliphatic heterocycles. The van der Waals surface area contributed by atoms with Gasteiger partial charge in [-0.1, -0.05) is 24.3 Å². The van der Waals surface area contributed by atoms with Gasteiger partial charge in [-0.2, -0.15) is 0 Å². The summed E-state index contributed by atoms with van der Waals surface area (Å²) >= 11 is 0. The van der Waals surface area contributed by atoms with Crippen molar-refractivity contribution in [3.63, 3.8) is 0 Å². The molecule has 1 aliphatic carbocycles. The van der Waals surface area contributed by atoms with Crippen LogP contribution in [-0.4, -0.2) is 28.2 Å². The number of phenols is 1. The van der Waals surface area contributed by atoms with Crippen LogP contribution in [0.2, 0.25) is 0 Å². The van der Waals surface area contributed by atoms with E-state index < -0.39 is 28.9 Å². The van der Waals surface area contributed by atoms with Gasteiger partial charge in [-0.15, -0.1) is 0 Å². The van der Waals surface area contributed by atoms with E-state index in [-0.39, 0.29) is 33.4 Å². The monoisotopic (exact) mass is 308 g/mol. The van der Waals surface area contributed by atoms with E-state index in [0.717, 1.165) is 0 Å². The number of fused-ring (bicyclic) bond motifs is 2. The molecule has 0 aromatic heterocycles. The Morgan fingerprint density at radius 1 is 0.870 bits per heavy atom. The molecule has 0 radical (unpaired) electrons. The SMILES string of the molecule is CC(=O)c1cc2c(c(C(C)=O)c1O)C(=O)c1ccccc1C2=O. The predicted octanol–water partition coefficient (Wildman–Crippen LogP) is 2.57. The minimum absolute atomic E-state index is 0.0260. The maximum absolute atomic E-state index is 12.7. The van der Waals surface area contributed by atoms with E-state index in [1.54, 1.807) is 12.1 Å². The van der Waals surface area contributed by atoms with Crippen LogP contribution in [-0.2, 0) is 0 Å². The normalized spacial score (nSPS) is 12.6. The summed E-state index contributed by atoms with van der Waals surface area (Å²) in [5, 5.41) is 10.2. The molecule has 2 aromatic rings. The Morgan fingerprint density at radius 3 is 1.96 bits per heavy atom. The van der Waals surface area contributed by atoms with E-state index in [1.807, 2.05) is 0 Å². The van der Waals surface area contributed by atoms with Crippen LogP contribution in [0.4, 0.5) is 0 Å². The van der Waals surface area contributed by atoms with Gasteiger partial charge < -0.3 is 5.11 Å². The molecule has 0 unspecified atom stereocenters. The van der Waals surface area contributed by atoms with Crippen LogP contribution in [0.1, 0.15) is 66.4 Å². The molecule has 5 heteroatoms. The number of rotatable bonds is 2. The number of hydrogen-bond donors (Lipinski definition) is 1. The summed E-state index contributed by atoms with van der Waals surface area (Å²) in [5.41, 5.74) is -0.178. The van der Waals surface area contributed by atoms with Crippen molar-refractivity contribution in [3.05, 3.63) is 63.7 Å². The van der Waals surface area contributed by atoms with Gasteiger partial charge in [-0.25, -0.2) is 0 Å². The largest absolute Gasteiger partial charge is 0.506 e. The molecular formula is C18H12O5. The molecule has 23 heavy (non-hydrogen) atoms. The first kappa shape index (κ1) is 14.8. The fourth-order valence-electron chi connectivity index (χ4n) is 2.86. The van der Waals surface area contributed by atoms with Crippen molar-refractivity contribution in [3.8, 4) is 5.75 Å². The third kappa shape index (κ3) is 2.01. The van der Waals surface area contributed by atoms with Gasteiger partial charge >= 0.3 is 0 Å². The Bertz CT molecular complexity index is 921. The summed E-state index contributed by atoms with van der Waals surface area (Å²) in [6.07, 6.45) is 0. The predicted molar refractivity (Wildman–Crippen MR) is 81.4 cm³/mol. The minimum Gasteiger partial charge on any atom is -0.506 e. The number of carbonyl (C=O) groups is 4. The standard InChI is InChI=1S/C18H12O5/c1-8(19)12-7-13-15(14(9(2)20)18(12)23)17(22)11-6-4-3-5-10(11)16(13)21/h3-7,23H,1-2H3. The lowest BCUT2D eigenvalue weighted by Crippen LogP contribution is -2.24. The zero-order valence-electron chi connectivity index (χ0n) is 12.5. The third-order valence-corrected chi connectivity index (χ3v) is 3.92. The van der Waals surface area contributed by atoms with E-state index in [0.29, 0.717) is 0 Å². The second kappa shape index (κ2) is 4.98. The first-order valence-corrected chi connectivity index (χ1v) is 6.94. The van der Waals surface area contributed by atoms with Gasteiger partial charge in [0, 0.05) is 22.3 Å². The summed E-state index contributed by atoms with van der Waals surface area (Å²) in [5.74, 6) is -2.58. The molecule has 0 saturated carbocycles. The molecule has 1 aliphatic rings. The second-order valence-electron chi connectivity index (χ2n) is 5.39. The molecule has 2 aromatic carbocycles. The van der Waals surface area contributed by atoms with Crippen molar-refractivity contribution in [2.24, 2.45) is 0 Å². The number of hydrogen-bond acceptors (Lipinski definition) is 5. The van der Waals surface area contributed by atoms with E-state index in [9.17, 15) is 24.3 Å². The van der Waals surface area contributed by atoms with Crippen molar-refractivity contribution >= 4 is 23.1 Å². The number of aromatic hydroxyl groups is 1. The molecule has 0 atom stereocenters. The number of ketones is 4. The van der Waals surface area contributed by atoms with Crippen LogP contribution in [0.15, 0.2) is 30.3 Å². The van der Waals surface area contributed by atoms with Gasteiger partial charge in [0.1, 0.15) is 5.75 Å². The van der Waals surface area contributed by atoms with Gasteiger partial charge in [0.15, 0.2) is 23.1 Å². The molecule has 0 heterocycles. The first-order chi connectivity index (χ1) is 10.8. The highest BCUT2D eigenvalue weighted by Crippen LogP contribution is 2.36. The van der Waals surface area contributed by atoms with Crippen LogP contribution in [0, 0.1) is 0 Å². The number of Topliss-reactive ketones (excluding diaryl/α,β-unsaturated/α-hetero) is 2. The van der Waals surface area contributed by atoms with Crippen molar-refractivity contribution < 1.29 is 24.3 Å². The average Bonchev–Trinajstić information content (AvgIpc) is 2.51. The van der Waals surface area contributed by atoms with Gasteiger partial charge in [0.2, 0.25) is 0 Å². The van der Waals surface area contributed by atoms with Gasteiger partial charge in [0.25, 0.3) is 0 Å². The van der Waals surface area contributed by atoms with E-state index in [2.05, 4.69) is 0 Å². The van der Waals surface area contributed by atoms with Crippen molar-refractivity contribution in [1.29, 1.82) is 0 Å². The fourth-order valence-corrected chi connectivity index (χ4v) is 2.86. The van der Waals surface area contributed by atoms with Crippen LogP contribution < -0.4 is 0 Å².